The lowest BCUT2D eigenvalue weighted by Crippen LogP contribution is -2.32. The van der Waals surface area contributed by atoms with Crippen molar-refractivity contribution >= 4 is 33.3 Å². The maximum atomic E-state index is 12.3. The third kappa shape index (κ3) is 6.33. The van der Waals surface area contributed by atoms with Crippen molar-refractivity contribution in [2.24, 2.45) is 0 Å². The summed E-state index contributed by atoms with van der Waals surface area (Å²) in [6.45, 7) is 4.90. The SMILES string of the molecule is CCC(C)NS(=O)(=O)c1ccc(C(=O)OC(C)C(=O)Nc2ccccc2[N+](=O)[O-])cc1. The van der Waals surface area contributed by atoms with Gasteiger partial charge < -0.3 is 10.1 Å². The number of hydrogen-bond acceptors (Lipinski definition) is 7. The number of nitro groups is 1. The predicted octanol–water partition coefficient (Wildman–Crippen LogP) is 2.86. The normalized spacial score (nSPS) is 13.1. The molecule has 31 heavy (non-hydrogen) atoms. The van der Waals surface area contributed by atoms with E-state index in [1.165, 1.54) is 55.5 Å². The maximum Gasteiger partial charge on any atom is 0.338 e. The molecule has 0 bridgehead atoms. The number of nitrogens with one attached hydrogen (secondary N) is 2. The largest absolute Gasteiger partial charge is 0.449 e. The summed E-state index contributed by atoms with van der Waals surface area (Å²) in [7, 11) is -3.72. The van der Waals surface area contributed by atoms with Crippen LogP contribution in [0, 0.1) is 10.1 Å². The molecule has 2 atom stereocenters. The molecule has 1 amide bonds. The number of para-hydroxylation sites is 2. The Morgan fingerprint density at radius 1 is 1.10 bits per heavy atom. The Hall–Kier alpha value is -3.31. The highest BCUT2D eigenvalue weighted by Gasteiger charge is 2.23. The fourth-order valence-electron chi connectivity index (χ4n) is 2.44. The Kier molecular flexibility index (Phi) is 7.83. The van der Waals surface area contributed by atoms with Crippen LogP contribution in [0.4, 0.5) is 11.4 Å². The van der Waals surface area contributed by atoms with Crippen molar-refractivity contribution in [3.05, 3.63) is 64.2 Å². The van der Waals surface area contributed by atoms with Crippen molar-refractivity contribution in [1.29, 1.82) is 0 Å². The van der Waals surface area contributed by atoms with Gasteiger partial charge in [0, 0.05) is 12.1 Å². The summed E-state index contributed by atoms with van der Waals surface area (Å²) < 4.78 is 32.1. The number of carbonyl (C=O) groups is 2. The minimum absolute atomic E-state index is 0.00784. The van der Waals surface area contributed by atoms with E-state index < -0.39 is 32.9 Å². The standard InChI is InChI=1S/C20H23N3O7S/c1-4-13(2)22-31(28,29)16-11-9-15(10-12-16)20(25)30-14(3)19(24)21-17-7-5-6-8-18(17)23(26)27/h5-14,22H,4H2,1-3H3,(H,21,24). The number of hydrogen-bond donors (Lipinski definition) is 2. The third-order valence-corrected chi connectivity index (χ3v) is 5.99. The van der Waals surface area contributed by atoms with Gasteiger partial charge in [0.2, 0.25) is 10.0 Å². The van der Waals surface area contributed by atoms with Gasteiger partial charge in [-0.25, -0.2) is 17.9 Å². The van der Waals surface area contributed by atoms with Gasteiger partial charge in [0.05, 0.1) is 15.4 Å². The number of nitrogens with zero attached hydrogens (tertiary/aromatic N) is 1. The zero-order valence-corrected chi connectivity index (χ0v) is 18.0. The van der Waals surface area contributed by atoms with Crippen LogP contribution in [0.1, 0.15) is 37.6 Å². The Morgan fingerprint density at radius 2 is 1.71 bits per heavy atom. The van der Waals surface area contributed by atoms with Gasteiger partial charge in [-0.2, -0.15) is 0 Å². The smallest absolute Gasteiger partial charge is 0.338 e. The minimum atomic E-state index is -3.72. The van der Waals surface area contributed by atoms with E-state index in [2.05, 4.69) is 10.0 Å². The Balaban J connectivity index is 2.04. The van der Waals surface area contributed by atoms with Gasteiger partial charge in [-0.3, -0.25) is 14.9 Å². The number of nitro benzene ring substituents is 1. The molecular formula is C20H23N3O7S. The van der Waals surface area contributed by atoms with Crippen LogP contribution in [-0.2, 0) is 19.6 Å². The topological polar surface area (TPSA) is 145 Å². The molecule has 0 aliphatic rings. The molecule has 0 saturated heterocycles. The summed E-state index contributed by atoms with van der Waals surface area (Å²) in [5.74, 6) is -1.59. The number of sulfonamides is 1. The highest BCUT2D eigenvalue weighted by molar-refractivity contribution is 7.89. The summed E-state index contributed by atoms with van der Waals surface area (Å²) >= 11 is 0. The first kappa shape index (κ1) is 24.0. The Bertz CT molecular complexity index is 1070. The highest BCUT2D eigenvalue weighted by Crippen LogP contribution is 2.23. The van der Waals surface area contributed by atoms with E-state index in [4.69, 9.17) is 4.74 Å². The zero-order valence-electron chi connectivity index (χ0n) is 17.2. The number of benzene rings is 2. The van der Waals surface area contributed by atoms with Crippen molar-refractivity contribution in [3.63, 3.8) is 0 Å². The van der Waals surface area contributed by atoms with E-state index in [0.717, 1.165) is 0 Å². The molecule has 10 nitrogen and oxygen atoms in total. The van der Waals surface area contributed by atoms with Crippen LogP contribution in [-0.4, -0.2) is 37.4 Å². The molecule has 0 heterocycles. The van der Waals surface area contributed by atoms with Gasteiger partial charge in [-0.1, -0.05) is 19.1 Å². The quantitative estimate of drug-likeness (QED) is 0.340. The summed E-state index contributed by atoms with van der Waals surface area (Å²) in [5.41, 5.74) is -0.270. The molecule has 0 radical (unpaired) electrons. The monoisotopic (exact) mass is 449 g/mol. The van der Waals surface area contributed by atoms with Gasteiger partial charge in [0.25, 0.3) is 11.6 Å². The third-order valence-electron chi connectivity index (χ3n) is 4.38. The van der Waals surface area contributed by atoms with Crippen LogP contribution in [0.5, 0.6) is 0 Å². The van der Waals surface area contributed by atoms with Gasteiger partial charge in [-0.15, -0.1) is 0 Å². The van der Waals surface area contributed by atoms with Crippen LogP contribution < -0.4 is 10.0 Å². The van der Waals surface area contributed by atoms with Crippen LogP contribution in [0.15, 0.2) is 53.4 Å². The number of esters is 1. The first-order valence-electron chi connectivity index (χ1n) is 9.42. The zero-order chi connectivity index (χ0) is 23.2. The Morgan fingerprint density at radius 3 is 2.29 bits per heavy atom. The van der Waals surface area contributed by atoms with Crippen molar-refractivity contribution < 1.29 is 27.7 Å². The lowest BCUT2D eigenvalue weighted by Gasteiger charge is -2.14. The molecule has 11 heteroatoms. The van der Waals surface area contributed by atoms with Crippen LogP contribution in [0.3, 0.4) is 0 Å². The first-order chi connectivity index (χ1) is 14.5. The molecule has 0 aliphatic heterocycles. The molecule has 0 aromatic heterocycles. The number of ether oxygens (including phenoxy) is 1. The average molecular weight is 449 g/mol. The summed E-state index contributed by atoms with van der Waals surface area (Å²) in [5, 5.41) is 13.4. The van der Waals surface area contributed by atoms with Crippen LogP contribution >= 0.6 is 0 Å². The molecule has 0 spiro atoms. The molecule has 2 aromatic rings. The van der Waals surface area contributed by atoms with E-state index in [1.807, 2.05) is 6.92 Å². The van der Waals surface area contributed by atoms with E-state index in [-0.39, 0.29) is 27.9 Å². The minimum Gasteiger partial charge on any atom is -0.449 e. The molecule has 2 N–H and O–H groups in total. The fraction of sp³-hybridized carbons (Fsp3) is 0.300. The molecule has 166 valence electrons. The van der Waals surface area contributed by atoms with Crippen molar-refractivity contribution in [3.8, 4) is 0 Å². The lowest BCUT2D eigenvalue weighted by molar-refractivity contribution is -0.383. The second-order valence-corrected chi connectivity index (χ2v) is 8.48. The highest BCUT2D eigenvalue weighted by atomic mass is 32.2. The lowest BCUT2D eigenvalue weighted by atomic mass is 10.2. The van der Waals surface area contributed by atoms with Crippen molar-refractivity contribution in [2.45, 2.75) is 44.2 Å². The van der Waals surface area contributed by atoms with E-state index in [9.17, 15) is 28.1 Å². The van der Waals surface area contributed by atoms with Crippen LogP contribution in [0.2, 0.25) is 0 Å². The molecule has 2 rings (SSSR count). The molecular weight excluding hydrogens is 426 g/mol. The molecule has 0 saturated carbocycles. The average Bonchev–Trinajstić information content (AvgIpc) is 2.73. The van der Waals surface area contributed by atoms with Crippen LogP contribution in [0.25, 0.3) is 0 Å². The second-order valence-electron chi connectivity index (χ2n) is 6.77. The van der Waals surface area contributed by atoms with Gasteiger partial charge in [0.15, 0.2) is 6.10 Å². The number of anilines is 1. The number of rotatable bonds is 9. The van der Waals surface area contributed by atoms with Gasteiger partial charge in [0.1, 0.15) is 5.69 Å². The Labute approximate surface area is 179 Å². The van der Waals surface area contributed by atoms with Crippen molar-refractivity contribution in [2.75, 3.05) is 5.32 Å². The molecule has 0 aliphatic carbocycles. The van der Waals surface area contributed by atoms with E-state index in [0.29, 0.717) is 6.42 Å². The van der Waals surface area contributed by atoms with Crippen molar-refractivity contribution in [1.82, 2.24) is 4.72 Å². The number of amides is 1. The summed E-state index contributed by atoms with van der Waals surface area (Å²) in [6, 6.07) is 10.4. The molecule has 2 unspecified atom stereocenters. The maximum absolute atomic E-state index is 12.3. The predicted molar refractivity (Wildman–Crippen MR) is 113 cm³/mol. The summed E-state index contributed by atoms with van der Waals surface area (Å²) in [4.78, 5) is 35.0. The second kappa shape index (κ2) is 10.1. The molecule has 2 aromatic carbocycles. The first-order valence-corrected chi connectivity index (χ1v) is 10.9. The van der Waals surface area contributed by atoms with Gasteiger partial charge >= 0.3 is 5.97 Å². The van der Waals surface area contributed by atoms with E-state index >= 15 is 0 Å². The van der Waals surface area contributed by atoms with E-state index in [1.54, 1.807) is 6.92 Å². The fourth-order valence-corrected chi connectivity index (χ4v) is 3.77. The summed E-state index contributed by atoms with van der Waals surface area (Å²) in [6.07, 6.45) is -0.627. The molecule has 0 fully saturated rings. The number of carbonyl (C=O) groups excluding carboxylic acids is 2. The van der Waals surface area contributed by atoms with Gasteiger partial charge in [-0.05, 0) is 50.6 Å².